The van der Waals surface area contributed by atoms with Gasteiger partial charge in [0, 0.05) is 32.2 Å². The number of nitrogens with zero attached hydrogens (tertiary/aromatic N) is 4. The highest BCUT2D eigenvalue weighted by molar-refractivity contribution is 5.51. The van der Waals surface area contributed by atoms with Gasteiger partial charge in [0.2, 0.25) is 0 Å². The molecule has 1 unspecified atom stereocenters. The number of β-amino-alcohol motifs (C(OH)–C–C–N with tert-alkyl or cyclic N) is 1. The van der Waals surface area contributed by atoms with Gasteiger partial charge in [-0.3, -0.25) is 0 Å². The Morgan fingerprint density at radius 1 is 1.11 bits per heavy atom. The lowest BCUT2D eigenvalue weighted by Crippen LogP contribution is -2.35. The molecule has 0 saturated carbocycles. The highest BCUT2D eigenvalue weighted by Gasteiger charge is 2.23. The Labute approximate surface area is 114 Å². The largest absolute Gasteiger partial charge is 0.391 e. The fourth-order valence-corrected chi connectivity index (χ4v) is 3.03. The molecule has 1 aromatic heterocycles. The summed E-state index contributed by atoms with van der Waals surface area (Å²) < 4.78 is 0. The first kappa shape index (κ1) is 12.7. The van der Waals surface area contributed by atoms with Gasteiger partial charge in [0.1, 0.15) is 18.0 Å². The maximum Gasteiger partial charge on any atom is 0.134 e. The van der Waals surface area contributed by atoms with Crippen LogP contribution in [0, 0.1) is 5.92 Å². The van der Waals surface area contributed by atoms with Gasteiger partial charge in [0.15, 0.2) is 0 Å². The number of hydrogen-bond donors (Lipinski definition) is 1. The number of aliphatic hydroxyl groups is 1. The molecule has 2 fully saturated rings. The van der Waals surface area contributed by atoms with Crippen LogP contribution in [0.5, 0.6) is 0 Å². The molecule has 5 heteroatoms. The predicted octanol–water partition coefficient (Wildman–Crippen LogP) is 1.28. The summed E-state index contributed by atoms with van der Waals surface area (Å²) in [5.74, 6) is 2.71. The van der Waals surface area contributed by atoms with Crippen molar-refractivity contribution < 1.29 is 5.11 Å². The molecule has 0 amide bonds. The molecule has 0 aliphatic carbocycles. The normalized spacial score (nSPS) is 27.9. The molecule has 5 nitrogen and oxygen atoms in total. The van der Waals surface area contributed by atoms with E-state index in [0.29, 0.717) is 6.54 Å². The molecule has 1 aromatic rings. The van der Waals surface area contributed by atoms with Gasteiger partial charge >= 0.3 is 0 Å². The van der Waals surface area contributed by atoms with Gasteiger partial charge in [-0.15, -0.1) is 0 Å². The summed E-state index contributed by atoms with van der Waals surface area (Å²) in [6.45, 7) is 6.04. The van der Waals surface area contributed by atoms with E-state index in [4.69, 9.17) is 0 Å². The summed E-state index contributed by atoms with van der Waals surface area (Å²) >= 11 is 0. The van der Waals surface area contributed by atoms with Crippen LogP contribution in [0.2, 0.25) is 0 Å². The van der Waals surface area contributed by atoms with Crippen LogP contribution in [0.3, 0.4) is 0 Å². The van der Waals surface area contributed by atoms with E-state index in [1.165, 1.54) is 12.8 Å². The standard InChI is InChI=1S/C14H22N4O/c1-11-3-2-5-17(8-11)13-7-14(16-10-15-13)18-6-4-12(19)9-18/h7,10-12,19H,2-6,8-9H2,1H3/t11?,12-/m0/s1. The zero-order valence-corrected chi connectivity index (χ0v) is 11.5. The molecule has 0 aromatic carbocycles. The van der Waals surface area contributed by atoms with Gasteiger partial charge in [0.25, 0.3) is 0 Å². The lowest BCUT2D eigenvalue weighted by atomic mass is 10.0. The molecule has 0 spiro atoms. The Bertz CT molecular complexity index is 439. The van der Waals surface area contributed by atoms with E-state index >= 15 is 0 Å². The van der Waals surface area contributed by atoms with Crippen LogP contribution < -0.4 is 9.80 Å². The van der Waals surface area contributed by atoms with Gasteiger partial charge in [-0.2, -0.15) is 0 Å². The third kappa shape index (κ3) is 2.81. The van der Waals surface area contributed by atoms with Crippen LogP contribution >= 0.6 is 0 Å². The summed E-state index contributed by atoms with van der Waals surface area (Å²) in [6, 6.07) is 2.07. The number of anilines is 2. The lowest BCUT2D eigenvalue weighted by molar-refractivity contribution is 0.198. The first-order chi connectivity index (χ1) is 9.22. The third-order valence-electron chi connectivity index (χ3n) is 4.11. The van der Waals surface area contributed by atoms with Crippen molar-refractivity contribution in [2.75, 3.05) is 36.0 Å². The van der Waals surface area contributed by atoms with Gasteiger partial charge in [-0.1, -0.05) is 6.92 Å². The average molecular weight is 262 g/mol. The van der Waals surface area contributed by atoms with Crippen molar-refractivity contribution in [1.29, 1.82) is 0 Å². The summed E-state index contributed by atoms with van der Waals surface area (Å²) in [6.07, 6.45) is 4.82. The van der Waals surface area contributed by atoms with Crippen molar-refractivity contribution in [3.63, 3.8) is 0 Å². The summed E-state index contributed by atoms with van der Waals surface area (Å²) in [5, 5.41) is 9.62. The van der Waals surface area contributed by atoms with E-state index in [0.717, 1.165) is 43.6 Å². The Kier molecular flexibility index (Phi) is 3.55. The lowest BCUT2D eigenvalue weighted by Gasteiger charge is -2.32. The quantitative estimate of drug-likeness (QED) is 0.870. The van der Waals surface area contributed by atoms with Crippen molar-refractivity contribution in [2.24, 2.45) is 5.92 Å². The van der Waals surface area contributed by atoms with Crippen LogP contribution in [-0.4, -0.2) is 47.4 Å². The molecular formula is C14H22N4O. The SMILES string of the molecule is CC1CCCN(c2cc(N3CC[C@H](O)C3)ncn2)C1. The molecule has 104 valence electrons. The fraction of sp³-hybridized carbons (Fsp3) is 0.714. The highest BCUT2D eigenvalue weighted by Crippen LogP contribution is 2.25. The van der Waals surface area contributed by atoms with Crippen molar-refractivity contribution in [3.05, 3.63) is 12.4 Å². The van der Waals surface area contributed by atoms with Crippen LogP contribution in [0.4, 0.5) is 11.6 Å². The van der Waals surface area contributed by atoms with E-state index in [-0.39, 0.29) is 6.10 Å². The minimum atomic E-state index is -0.214. The number of aromatic nitrogens is 2. The molecule has 19 heavy (non-hydrogen) atoms. The molecule has 2 aliphatic rings. The highest BCUT2D eigenvalue weighted by atomic mass is 16.3. The van der Waals surface area contributed by atoms with E-state index in [2.05, 4.69) is 32.8 Å². The number of aliphatic hydroxyl groups excluding tert-OH is 1. The number of hydrogen-bond acceptors (Lipinski definition) is 5. The van der Waals surface area contributed by atoms with Gasteiger partial charge in [0.05, 0.1) is 6.10 Å². The molecule has 0 bridgehead atoms. The third-order valence-corrected chi connectivity index (χ3v) is 4.11. The molecule has 2 saturated heterocycles. The second kappa shape index (κ2) is 5.33. The molecule has 3 heterocycles. The fourth-order valence-electron chi connectivity index (χ4n) is 3.03. The molecule has 2 atom stereocenters. The summed E-state index contributed by atoms with van der Waals surface area (Å²) in [4.78, 5) is 13.3. The first-order valence-electron chi connectivity index (χ1n) is 7.22. The second-order valence-corrected chi connectivity index (χ2v) is 5.82. The van der Waals surface area contributed by atoms with Crippen LogP contribution in [0.25, 0.3) is 0 Å². The predicted molar refractivity (Wildman–Crippen MR) is 75.5 cm³/mol. The van der Waals surface area contributed by atoms with E-state index in [1.807, 2.05) is 0 Å². The van der Waals surface area contributed by atoms with E-state index in [1.54, 1.807) is 6.33 Å². The van der Waals surface area contributed by atoms with Gasteiger partial charge < -0.3 is 14.9 Å². The molecule has 0 radical (unpaired) electrons. The Hall–Kier alpha value is -1.36. The topological polar surface area (TPSA) is 52.5 Å². The van der Waals surface area contributed by atoms with Gasteiger partial charge in [-0.25, -0.2) is 9.97 Å². The molecule has 1 N–H and O–H groups in total. The summed E-state index contributed by atoms with van der Waals surface area (Å²) in [7, 11) is 0. The average Bonchev–Trinajstić information content (AvgIpc) is 2.86. The van der Waals surface area contributed by atoms with Crippen molar-refractivity contribution in [1.82, 2.24) is 9.97 Å². The second-order valence-electron chi connectivity index (χ2n) is 5.82. The number of piperidine rings is 1. The maximum absolute atomic E-state index is 9.62. The molecule has 2 aliphatic heterocycles. The van der Waals surface area contributed by atoms with Crippen molar-refractivity contribution in [2.45, 2.75) is 32.3 Å². The molecule has 3 rings (SSSR count). The van der Waals surface area contributed by atoms with Gasteiger partial charge in [-0.05, 0) is 25.2 Å². The van der Waals surface area contributed by atoms with Crippen LogP contribution in [0.15, 0.2) is 12.4 Å². The minimum Gasteiger partial charge on any atom is -0.391 e. The first-order valence-corrected chi connectivity index (χ1v) is 7.22. The zero-order chi connectivity index (χ0) is 13.2. The van der Waals surface area contributed by atoms with Crippen molar-refractivity contribution >= 4 is 11.6 Å². The summed E-state index contributed by atoms with van der Waals surface area (Å²) in [5.41, 5.74) is 0. The zero-order valence-electron chi connectivity index (χ0n) is 11.5. The Balaban J connectivity index is 1.76. The number of rotatable bonds is 2. The smallest absolute Gasteiger partial charge is 0.134 e. The van der Waals surface area contributed by atoms with Crippen LogP contribution in [0.1, 0.15) is 26.2 Å². The Morgan fingerprint density at radius 3 is 2.47 bits per heavy atom. The minimum absolute atomic E-state index is 0.214. The Morgan fingerprint density at radius 2 is 1.84 bits per heavy atom. The maximum atomic E-state index is 9.62. The van der Waals surface area contributed by atoms with Crippen molar-refractivity contribution in [3.8, 4) is 0 Å². The monoisotopic (exact) mass is 262 g/mol. The van der Waals surface area contributed by atoms with E-state index < -0.39 is 0 Å². The van der Waals surface area contributed by atoms with Crippen LogP contribution in [-0.2, 0) is 0 Å². The molecular weight excluding hydrogens is 240 g/mol. The van der Waals surface area contributed by atoms with E-state index in [9.17, 15) is 5.11 Å².